The van der Waals surface area contributed by atoms with Crippen molar-refractivity contribution < 1.29 is 9.84 Å². The molecule has 0 bridgehead atoms. The van der Waals surface area contributed by atoms with Crippen molar-refractivity contribution in [3.05, 3.63) is 0 Å². The van der Waals surface area contributed by atoms with Crippen LogP contribution in [-0.4, -0.2) is 36.5 Å². The van der Waals surface area contributed by atoms with Crippen molar-refractivity contribution in [2.75, 3.05) is 19.7 Å². The highest BCUT2D eigenvalue weighted by Gasteiger charge is 2.23. The van der Waals surface area contributed by atoms with Crippen LogP contribution in [0.5, 0.6) is 0 Å². The minimum Gasteiger partial charge on any atom is -0.390 e. The summed E-state index contributed by atoms with van der Waals surface area (Å²) in [5.41, 5.74) is -0.546. The van der Waals surface area contributed by atoms with Gasteiger partial charge in [0, 0.05) is 6.61 Å². The molecule has 0 saturated carbocycles. The molecule has 1 saturated heterocycles. The molecule has 2 unspecified atom stereocenters. The highest BCUT2D eigenvalue weighted by molar-refractivity contribution is 4.77. The average molecular weight is 243 g/mol. The standard InChI is InChI=1S/C14H29NO2/c1-12(2)11-15-9-8-14(3,16)7-6-13-5-4-10-17-13/h12-13,15-16H,4-11H2,1-3H3. The summed E-state index contributed by atoms with van der Waals surface area (Å²) in [4.78, 5) is 0. The van der Waals surface area contributed by atoms with Crippen LogP contribution in [0.15, 0.2) is 0 Å². The molecule has 1 aliphatic rings. The lowest BCUT2D eigenvalue weighted by atomic mass is 9.94. The van der Waals surface area contributed by atoms with Crippen molar-refractivity contribution in [2.24, 2.45) is 5.92 Å². The zero-order chi connectivity index (χ0) is 12.7. The third kappa shape index (κ3) is 7.02. The molecule has 0 amide bonds. The first-order chi connectivity index (χ1) is 7.99. The van der Waals surface area contributed by atoms with E-state index in [9.17, 15) is 5.11 Å². The van der Waals surface area contributed by atoms with Crippen LogP contribution >= 0.6 is 0 Å². The molecule has 0 radical (unpaired) electrons. The van der Waals surface area contributed by atoms with Gasteiger partial charge >= 0.3 is 0 Å². The summed E-state index contributed by atoms with van der Waals surface area (Å²) in [5, 5.41) is 13.6. The SMILES string of the molecule is CC(C)CNCCC(C)(O)CCC1CCCO1. The molecule has 3 heteroatoms. The Hall–Kier alpha value is -0.120. The van der Waals surface area contributed by atoms with Gasteiger partial charge in [0.05, 0.1) is 11.7 Å². The quantitative estimate of drug-likeness (QED) is 0.643. The summed E-state index contributed by atoms with van der Waals surface area (Å²) in [6.45, 7) is 9.17. The topological polar surface area (TPSA) is 41.5 Å². The van der Waals surface area contributed by atoms with Gasteiger partial charge in [0.1, 0.15) is 0 Å². The fraction of sp³-hybridized carbons (Fsp3) is 1.00. The van der Waals surface area contributed by atoms with Gasteiger partial charge in [0.2, 0.25) is 0 Å². The van der Waals surface area contributed by atoms with Gasteiger partial charge in [-0.3, -0.25) is 0 Å². The van der Waals surface area contributed by atoms with E-state index >= 15 is 0 Å². The Morgan fingerprint density at radius 2 is 2.18 bits per heavy atom. The van der Waals surface area contributed by atoms with Gasteiger partial charge in [-0.15, -0.1) is 0 Å². The predicted molar refractivity (Wildman–Crippen MR) is 71.2 cm³/mol. The van der Waals surface area contributed by atoms with Crippen molar-refractivity contribution >= 4 is 0 Å². The summed E-state index contributed by atoms with van der Waals surface area (Å²) in [6.07, 6.45) is 5.42. The minimum atomic E-state index is -0.546. The van der Waals surface area contributed by atoms with E-state index in [-0.39, 0.29) is 0 Å². The normalized spacial score (nSPS) is 24.2. The number of rotatable bonds is 8. The third-order valence-corrected chi connectivity index (χ3v) is 3.42. The van der Waals surface area contributed by atoms with Gasteiger partial charge in [-0.1, -0.05) is 13.8 Å². The van der Waals surface area contributed by atoms with Gasteiger partial charge in [-0.2, -0.15) is 0 Å². The van der Waals surface area contributed by atoms with E-state index in [1.165, 1.54) is 12.8 Å². The van der Waals surface area contributed by atoms with Crippen LogP contribution in [-0.2, 0) is 4.74 Å². The molecule has 102 valence electrons. The van der Waals surface area contributed by atoms with Crippen molar-refractivity contribution in [2.45, 2.75) is 64.6 Å². The minimum absolute atomic E-state index is 0.394. The van der Waals surface area contributed by atoms with Crippen molar-refractivity contribution in [3.63, 3.8) is 0 Å². The Balaban J connectivity index is 2.07. The van der Waals surface area contributed by atoms with Gasteiger partial charge in [-0.25, -0.2) is 0 Å². The van der Waals surface area contributed by atoms with Crippen LogP contribution in [0.3, 0.4) is 0 Å². The average Bonchev–Trinajstić information content (AvgIpc) is 2.74. The highest BCUT2D eigenvalue weighted by atomic mass is 16.5. The lowest BCUT2D eigenvalue weighted by molar-refractivity contribution is 0.0189. The Kier molecular flexibility index (Phi) is 6.45. The molecule has 0 aromatic rings. The Morgan fingerprint density at radius 1 is 1.41 bits per heavy atom. The zero-order valence-electron chi connectivity index (χ0n) is 11.7. The van der Waals surface area contributed by atoms with E-state index in [0.717, 1.165) is 39.0 Å². The summed E-state index contributed by atoms with van der Waals surface area (Å²) in [5.74, 6) is 0.673. The molecule has 0 aromatic heterocycles. The van der Waals surface area contributed by atoms with Gasteiger partial charge in [0.25, 0.3) is 0 Å². The predicted octanol–water partition coefficient (Wildman–Crippen LogP) is 2.33. The smallest absolute Gasteiger partial charge is 0.0632 e. The Morgan fingerprint density at radius 3 is 2.76 bits per heavy atom. The summed E-state index contributed by atoms with van der Waals surface area (Å²) in [7, 11) is 0. The molecule has 17 heavy (non-hydrogen) atoms. The maximum Gasteiger partial charge on any atom is 0.0632 e. The number of aliphatic hydroxyl groups is 1. The lowest BCUT2D eigenvalue weighted by Crippen LogP contribution is -2.32. The fourth-order valence-corrected chi connectivity index (χ4v) is 2.22. The van der Waals surface area contributed by atoms with E-state index in [1.54, 1.807) is 0 Å². The molecule has 2 atom stereocenters. The highest BCUT2D eigenvalue weighted by Crippen LogP contribution is 2.23. The molecule has 0 aliphatic carbocycles. The summed E-state index contributed by atoms with van der Waals surface area (Å²) in [6, 6.07) is 0. The van der Waals surface area contributed by atoms with E-state index in [4.69, 9.17) is 4.74 Å². The number of ether oxygens (including phenoxy) is 1. The van der Waals surface area contributed by atoms with Crippen LogP contribution < -0.4 is 5.32 Å². The Bertz CT molecular complexity index is 198. The maximum absolute atomic E-state index is 10.2. The van der Waals surface area contributed by atoms with Crippen LogP contribution in [0, 0.1) is 5.92 Å². The number of hydrogen-bond donors (Lipinski definition) is 2. The van der Waals surface area contributed by atoms with Gasteiger partial charge in [-0.05, 0) is 58.0 Å². The van der Waals surface area contributed by atoms with Crippen LogP contribution in [0.1, 0.15) is 52.9 Å². The monoisotopic (exact) mass is 243 g/mol. The first-order valence-corrected chi connectivity index (χ1v) is 7.04. The molecule has 0 spiro atoms. The van der Waals surface area contributed by atoms with Crippen molar-refractivity contribution in [3.8, 4) is 0 Å². The molecular weight excluding hydrogens is 214 g/mol. The van der Waals surface area contributed by atoms with Crippen molar-refractivity contribution in [1.29, 1.82) is 0 Å². The van der Waals surface area contributed by atoms with E-state index in [0.29, 0.717) is 12.0 Å². The first-order valence-electron chi connectivity index (χ1n) is 7.04. The fourth-order valence-electron chi connectivity index (χ4n) is 2.22. The molecule has 3 nitrogen and oxygen atoms in total. The number of hydrogen-bond acceptors (Lipinski definition) is 3. The zero-order valence-corrected chi connectivity index (χ0v) is 11.7. The second kappa shape index (κ2) is 7.34. The summed E-state index contributed by atoms with van der Waals surface area (Å²) >= 11 is 0. The van der Waals surface area contributed by atoms with Crippen LogP contribution in [0.25, 0.3) is 0 Å². The van der Waals surface area contributed by atoms with Gasteiger partial charge < -0.3 is 15.2 Å². The second-order valence-electron chi connectivity index (χ2n) is 6.02. The summed E-state index contributed by atoms with van der Waals surface area (Å²) < 4.78 is 5.58. The maximum atomic E-state index is 10.2. The third-order valence-electron chi connectivity index (χ3n) is 3.42. The molecule has 1 fully saturated rings. The van der Waals surface area contributed by atoms with E-state index < -0.39 is 5.60 Å². The van der Waals surface area contributed by atoms with Gasteiger partial charge in [0.15, 0.2) is 0 Å². The number of nitrogens with one attached hydrogen (secondary N) is 1. The molecule has 1 heterocycles. The van der Waals surface area contributed by atoms with Crippen molar-refractivity contribution in [1.82, 2.24) is 5.32 Å². The van der Waals surface area contributed by atoms with E-state index in [1.807, 2.05) is 6.92 Å². The van der Waals surface area contributed by atoms with Crippen LogP contribution in [0.4, 0.5) is 0 Å². The first kappa shape index (κ1) is 14.9. The molecule has 1 rings (SSSR count). The molecule has 0 aromatic carbocycles. The van der Waals surface area contributed by atoms with Crippen LogP contribution in [0.2, 0.25) is 0 Å². The molecular formula is C14H29NO2. The molecule has 2 N–H and O–H groups in total. The Labute approximate surface area is 106 Å². The largest absolute Gasteiger partial charge is 0.390 e. The second-order valence-corrected chi connectivity index (χ2v) is 6.02. The lowest BCUT2D eigenvalue weighted by Gasteiger charge is -2.25. The molecule has 1 aliphatic heterocycles. The van der Waals surface area contributed by atoms with E-state index in [2.05, 4.69) is 19.2 Å².